The number of fused-ring (bicyclic) bond motifs is 1. The lowest BCUT2D eigenvalue weighted by molar-refractivity contribution is -0.364. The second-order valence-corrected chi connectivity index (χ2v) is 7.89. The molecule has 12 heteroatoms. The molecule has 1 fully saturated rings. The average molecular weight is 426 g/mol. The first kappa shape index (κ1) is 19.8. The minimum absolute atomic E-state index is 0.173. The van der Waals surface area contributed by atoms with Gasteiger partial charge < -0.3 is 10.8 Å². The fraction of sp³-hybridized carbons (Fsp3) is 0.353. The Balaban J connectivity index is 1.58. The molecule has 0 bridgehead atoms. The van der Waals surface area contributed by atoms with Gasteiger partial charge in [0.1, 0.15) is 21.0 Å². The summed E-state index contributed by atoms with van der Waals surface area (Å²) < 4.78 is 40.9. The number of aliphatic hydroxyl groups is 1. The Morgan fingerprint density at radius 3 is 2.66 bits per heavy atom. The number of rotatable bonds is 4. The predicted octanol–water partition coefficient (Wildman–Crippen LogP) is 2.53. The highest BCUT2D eigenvalue weighted by molar-refractivity contribution is 7.18. The van der Waals surface area contributed by atoms with Crippen LogP contribution in [0, 0.1) is 0 Å². The van der Waals surface area contributed by atoms with Gasteiger partial charge in [-0.2, -0.15) is 0 Å². The molecule has 4 rings (SSSR count). The standard InChI is InChI=1S/C17H17F3N6O2S/c1-26(22)13-10(21)4-8(7-23-13)11-2-3-12-14(24-11)29-15(25-12)16(27)5-9(6-16)28-17(18,19)20/h2-4,7,9,27H,5-6,21-22H2,1H3. The number of hydrogen-bond donors (Lipinski definition) is 3. The molecule has 3 heterocycles. The van der Waals surface area contributed by atoms with E-state index in [9.17, 15) is 18.3 Å². The van der Waals surface area contributed by atoms with Gasteiger partial charge in [-0.25, -0.2) is 20.8 Å². The van der Waals surface area contributed by atoms with E-state index in [0.717, 1.165) is 11.3 Å². The molecular formula is C17H17F3N6O2S. The third-order valence-electron chi connectivity index (χ3n) is 4.61. The summed E-state index contributed by atoms with van der Waals surface area (Å²) in [6.07, 6.45) is -4.56. The SMILES string of the molecule is CN(N)c1ncc(-c2ccc3nc(C4(O)CC(OC(F)(F)F)C4)sc3n2)cc1N. The fourth-order valence-corrected chi connectivity index (χ4v) is 4.27. The van der Waals surface area contributed by atoms with Crippen LogP contribution in [-0.4, -0.2) is 39.6 Å². The van der Waals surface area contributed by atoms with Crippen molar-refractivity contribution in [2.24, 2.45) is 5.84 Å². The molecule has 0 unspecified atom stereocenters. The number of alkyl halides is 3. The molecule has 0 saturated heterocycles. The third kappa shape index (κ3) is 3.83. The van der Waals surface area contributed by atoms with Gasteiger partial charge in [-0.15, -0.1) is 13.2 Å². The van der Waals surface area contributed by atoms with E-state index in [4.69, 9.17) is 11.6 Å². The van der Waals surface area contributed by atoms with Crippen molar-refractivity contribution in [2.75, 3.05) is 17.8 Å². The monoisotopic (exact) mass is 426 g/mol. The molecule has 154 valence electrons. The molecule has 0 atom stereocenters. The van der Waals surface area contributed by atoms with Crippen molar-refractivity contribution in [3.8, 4) is 11.3 Å². The quantitative estimate of drug-likeness (QED) is 0.430. The summed E-state index contributed by atoms with van der Waals surface area (Å²) >= 11 is 1.13. The summed E-state index contributed by atoms with van der Waals surface area (Å²) in [6, 6.07) is 5.15. The van der Waals surface area contributed by atoms with Crippen LogP contribution in [0.2, 0.25) is 0 Å². The van der Waals surface area contributed by atoms with Gasteiger partial charge in [0.25, 0.3) is 0 Å². The Kier molecular flexibility index (Phi) is 4.61. The van der Waals surface area contributed by atoms with Crippen molar-refractivity contribution in [3.63, 3.8) is 0 Å². The zero-order valence-corrected chi connectivity index (χ0v) is 16.0. The van der Waals surface area contributed by atoms with E-state index in [-0.39, 0.29) is 12.8 Å². The zero-order valence-electron chi connectivity index (χ0n) is 15.1. The summed E-state index contributed by atoms with van der Waals surface area (Å²) in [5.74, 6) is 6.09. The molecule has 5 N–H and O–H groups in total. The highest BCUT2D eigenvalue weighted by Crippen LogP contribution is 2.47. The first-order valence-electron chi connectivity index (χ1n) is 8.53. The summed E-state index contributed by atoms with van der Waals surface area (Å²) in [5, 5.41) is 12.2. The van der Waals surface area contributed by atoms with Gasteiger partial charge in [0.05, 0.1) is 17.5 Å². The third-order valence-corrected chi connectivity index (χ3v) is 5.77. The van der Waals surface area contributed by atoms with E-state index >= 15 is 0 Å². The van der Waals surface area contributed by atoms with E-state index in [1.165, 1.54) is 5.01 Å². The van der Waals surface area contributed by atoms with Gasteiger partial charge >= 0.3 is 6.36 Å². The van der Waals surface area contributed by atoms with Crippen LogP contribution >= 0.6 is 11.3 Å². The highest BCUT2D eigenvalue weighted by Gasteiger charge is 2.51. The lowest BCUT2D eigenvalue weighted by atomic mass is 9.78. The number of hydrazine groups is 1. The number of anilines is 2. The highest BCUT2D eigenvalue weighted by atomic mass is 32.1. The van der Waals surface area contributed by atoms with Gasteiger partial charge in [0.15, 0.2) is 5.82 Å². The lowest BCUT2D eigenvalue weighted by Crippen LogP contribution is -2.47. The van der Waals surface area contributed by atoms with Crippen LogP contribution in [0.1, 0.15) is 17.8 Å². The largest absolute Gasteiger partial charge is 0.522 e. The number of halogens is 3. The topological polar surface area (TPSA) is 123 Å². The minimum atomic E-state index is -4.72. The van der Waals surface area contributed by atoms with Gasteiger partial charge in [-0.3, -0.25) is 9.75 Å². The molecule has 0 spiro atoms. The maximum absolute atomic E-state index is 12.3. The second kappa shape index (κ2) is 6.76. The predicted molar refractivity (Wildman–Crippen MR) is 102 cm³/mol. The Labute approximate surface area is 166 Å². The van der Waals surface area contributed by atoms with Crippen LogP contribution in [0.25, 0.3) is 21.6 Å². The summed E-state index contributed by atoms with van der Waals surface area (Å²) in [4.78, 5) is 13.6. The van der Waals surface area contributed by atoms with Gasteiger partial charge in [0.2, 0.25) is 0 Å². The smallest absolute Gasteiger partial charge is 0.396 e. The van der Waals surface area contributed by atoms with Crippen LogP contribution in [0.3, 0.4) is 0 Å². The number of pyridine rings is 2. The summed E-state index contributed by atoms with van der Waals surface area (Å²) in [5.41, 5.74) is 6.72. The summed E-state index contributed by atoms with van der Waals surface area (Å²) in [6.45, 7) is 0. The fourth-order valence-electron chi connectivity index (χ4n) is 3.23. The number of nitrogens with two attached hydrogens (primary N) is 2. The van der Waals surface area contributed by atoms with E-state index in [2.05, 4.69) is 19.7 Å². The number of nitrogens with zero attached hydrogens (tertiary/aromatic N) is 4. The molecular weight excluding hydrogens is 409 g/mol. The maximum Gasteiger partial charge on any atom is 0.522 e. The molecule has 1 aliphatic carbocycles. The molecule has 0 aromatic carbocycles. The van der Waals surface area contributed by atoms with Crippen molar-refractivity contribution in [1.29, 1.82) is 0 Å². The van der Waals surface area contributed by atoms with Gasteiger partial charge in [0, 0.05) is 31.6 Å². The number of thiazole rings is 1. The Morgan fingerprint density at radius 1 is 1.31 bits per heavy atom. The van der Waals surface area contributed by atoms with Crippen LogP contribution in [-0.2, 0) is 10.3 Å². The van der Waals surface area contributed by atoms with Crippen LogP contribution in [0.15, 0.2) is 24.4 Å². The number of ether oxygens (including phenoxy) is 1. The molecule has 3 aromatic rings. The van der Waals surface area contributed by atoms with Crippen molar-refractivity contribution < 1.29 is 23.0 Å². The molecule has 1 aliphatic rings. The molecule has 3 aromatic heterocycles. The molecule has 8 nitrogen and oxygen atoms in total. The first-order chi connectivity index (χ1) is 13.5. The second-order valence-electron chi connectivity index (χ2n) is 6.91. The van der Waals surface area contributed by atoms with Gasteiger partial charge in [-0.1, -0.05) is 11.3 Å². The first-order valence-corrected chi connectivity index (χ1v) is 9.35. The van der Waals surface area contributed by atoms with Crippen LogP contribution in [0.4, 0.5) is 24.7 Å². The minimum Gasteiger partial charge on any atom is -0.396 e. The maximum atomic E-state index is 12.3. The molecule has 0 aliphatic heterocycles. The normalized spacial score (nSPS) is 21.9. The number of nitrogen functional groups attached to an aromatic ring is 1. The average Bonchev–Trinajstić information content (AvgIpc) is 3.02. The number of hydrogen-bond acceptors (Lipinski definition) is 9. The zero-order chi connectivity index (χ0) is 21.0. The van der Waals surface area contributed by atoms with Crippen LogP contribution < -0.4 is 16.6 Å². The molecule has 0 amide bonds. The summed E-state index contributed by atoms with van der Waals surface area (Å²) in [7, 11) is 1.62. The van der Waals surface area contributed by atoms with Crippen LogP contribution in [0.5, 0.6) is 0 Å². The van der Waals surface area contributed by atoms with Crippen molar-refractivity contribution in [3.05, 3.63) is 29.4 Å². The van der Waals surface area contributed by atoms with E-state index in [0.29, 0.717) is 38.1 Å². The van der Waals surface area contributed by atoms with E-state index < -0.39 is 18.1 Å². The van der Waals surface area contributed by atoms with Crippen molar-refractivity contribution >= 4 is 33.2 Å². The lowest BCUT2D eigenvalue weighted by Gasteiger charge is -2.41. The van der Waals surface area contributed by atoms with E-state index in [1.807, 2.05) is 0 Å². The van der Waals surface area contributed by atoms with Crippen molar-refractivity contribution in [1.82, 2.24) is 15.0 Å². The Hall–Kier alpha value is -2.54. The molecule has 0 radical (unpaired) electrons. The van der Waals surface area contributed by atoms with Crippen molar-refractivity contribution in [2.45, 2.75) is 30.9 Å². The number of aromatic nitrogens is 3. The molecule has 1 saturated carbocycles. The van der Waals surface area contributed by atoms with Gasteiger partial charge in [-0.05, 0) is 18.2 Å². The molecule has 29 heavy (non-hydrogen) atoms. The Bertz CT molecular complexity index is 1060. The Morgan fingerprint density at radius 2 is 2.03 bits per heavy atom. The van der Waals surface area contributed by atoms with E-state index in [1.54, 1.807) is 31.4 Å².